The van der Waals surface area contributed by atoms with Gasteiger partial charge >= 0.3 is 0 Å². The van der Waals surface area contributed by atoms with Gasteiger partial charge in [-0.15, -0.1) is 11.6 Å². The molecule has 0 aromatic carbocycles. The van der Waals surface area contributed by atoms with Gasteiger partial charge in [-0.05, 0) is 12.8 Å². The molecule has 1 unspecified atom stereocenters. The standard InChI is InChI=1S/C16H26ClN3O/c1-16(2,3)14-12(11-19(4)18-14)13(17)15(21)20-9-7-5-6-8-10-20/h11,13H,5-10H2,1-4H3. The van der Waals surface area contributed by atoms with Crippen molar-refractivity contribution >= 4 is 17.5 Å². The SMILES string of the molecule is Cn1cc(C(Cl)C(=O)N2CCCCCC2)c(C(C)(C)C)n1. The fourth-order valence-corrected chi connectivity index (χ4v) is 3.16. The summed E-state index contributed by atoms with van der Waals surface area (Å²) in [4.78, 5) is 14.6. The Labute approximate surface area is 132 Å². The van der Waals surface area contributed by atoms with Crippen LogP contribution in [0.4, 0.5) is 0 Å². The van der Waals surface area contributed by atoms with E-state index in [2.05, 4.69) is 25.9 Å². The number of hydrogen-bond acceptors (Lipinski definition) is 2. The van der Waals surface area contributed by atoms with Crippen LogP contribution in [0.3, 0.4) is 0 Å². The summed E-state index contributed by atoms with van der Waals surface area (Å²) < 4.78 is 1.75. The molecule has 1 atom stereocenters. The zero-order chi connectivity index (χ0) is 15.6. The number of carbonyl (C=O) groups excluding carboxylic acids is 1. The number of carbonyl (C=O) groups is 1. The minimum absolute atomic E-state index is 0.0251. The lowest BCUT2D eigenvalue weighted by Gasteiger charge is -2.25. The molecule has 1 saturated heterocycles. The topological polar surface area (TPSA) is 38.1 Å². The van der Waals surface area contributed by atoms with E-state index in [4.69, 9.17) is 11.6 Å². The highest BCUT2D eigenvalue weighted by atomic mass is 35.5. The molecule has 1 amide bonds. The number of alkyl halides is 1. The van der Waals surface area contributed by atoms with E-state index >= 15 is 0 Å². The first-order valence-corrected chi connectivity index (χ1v) is 8.21. The Hall–Kier alpha value is -1.03. The Morgan fingerprint density at radius 1 is 1.24 bits per heavy atom. The highest BCUT2D eigenvalue weighted by molar-refractivity contribution is 6.30. The lowest BCUT2D eigenvalue weighted by atomic mass is 9.88. The molecule has 2 rings (SSSR count). The molecule has 0 bridgehead atoms. The molecule has 1 aliphatic rings. The maximum atomic E-state index is 12.7. The molecule has 0 N–H and O–H groups in total. The molecule has 0 saturated carbocycles. The summed E-state index contributed by atoms with van der Waals surface area (Å²) in [6.45, 7) is 7.94. The molecular formula is C16H26ClN3O. The van der Waals surface area contributed by atoms with Gasteiger partial charge in [0.1, 0.15) is 5.38 Å². The van der Waals surface area contributed by atoms with Crippen molar-refractivity contribution in [1.82, 2.24) is 14.7 Å². The highest BCUT2D eigenvalue weighted by Crippen LogP contribution is 2.33. The quantitative estimate of drug-likeness (QED) is 0.785. The third-order valence-corrected chi connectivity index (χ3v) is 4.40. The van der Waals surface area contributed by atoms with Crippen LogP contribution in [0.25, 0.3) is 0 Å². The monoisotopic (exact) mass is 311 g/mol. The van der Waals surface area contributed by atoms with Crippen LogP contribution < -0.4 is 0 Å². The number of nitrogens with zero attached hydrogens (tertiary/aromatic N) is 3. The van der Waals surface area contributed by atoms with Gasteiger partial charge in [0.25, 0.3) is 0 Å². The van der Waals surface area contributed by atoms with E-state index in [-0.39, 0.29) is 11.3 Å². The Bertz CT molecular complexity index is 496. The number of amides is 1. The number of halogens is 1. The summed E-state index contributed by atoms with van der Waals surface area (Å²) in [7, 11) is 1.87. The molecule has 1 aliphatic heterocycles. The zero-order valence-corrected chi connectivity index (χ0v) is 14.3. The van der Waals surface area contributed by atoms with Crippen molar-refractivity contribution in [3.8, 4) is 0 Å². The summed E-state index contributed by atoms with van der Waals surface area (Å²) in [6.07, 6.45) is 6.45. The van der Waals surface area contributed by atoms with Gasteiger partial charge in [0.15, 0.2) is 0 Å². The molecule has 21 heavy (non-hydrogen) atoms. The predicted octanol–water partition coefficient (Wildman–Crippen LogP) is 3.40. The first kappa shape index (κ1) is 16.3. The first-order valence-electron chi connectivity index (χ1n) is 7.77. The molecule has 0 spiro atoms. The van der Waals surface area contributed by atoms with Gasteiger partial charge in [-0.1, -0.05) is 33.6 Å². The molecule has 2 heterocycles. The van der Waals surface area contributed by atoms with Crippen molar-refractivity contribution in [2.45, 2.75) is 57.2 Å². The number of likely N-dealkylation sites (tertiary alicyclic amines) is 1. The second kappa shape index (κ2) is 6.39. The van der Waals surface area contributed by atoms with Gasteiger partial charge in [0.2, 0.25) is 5.91 Å². The third-order valence-electron chi connectivity index (χ3n) is 3.98. The van der Waals surface area contributed by atoms with Crippen LogP contribution in [0.5, 0.6) is 0 Å². The van der Waals surface area contributed by atoms with Crippen LogP contribution in [0.15, 0.2) is 6.20 Å². The second-order valence-electron chi connectivity index (χ2n) is 6.96. The highest BCUT2D eigenvalue weighted by Gasteiger charge is 2.31. The fourth-order valence-electron chi connectivity index (χ4n) is 2.86. The van der Waals surface area contributed by atoms with Gasteiger partial charge in [0.05, 0.1) is 5.69 Å². The summed E-state index contributed by atoms with van der Waals surface area (Å²) in [5, 5.41) is 3.88. The average molecular weight is 312 g/mol. The molecule has 0 aliphatic carbocycles. The van der Waals surface area contributed by atoms with Crippen molar-refractivity contribution in [2.24, 2.45) is 7.05 Å². The van der Waals surface area contributed by atoms with Crippen molar-refractivity contribution in [1.29, 1.82) is 0 Å². The predicted molar refractivity (Wildman–Crippen MR) is 85.6 cm³/mol. The van der Waals surface area contributed by atoms with Crippen LogP contribution in [0, 0.1) is 0 Å². The van der Waals surface area contributed by atoms with Crippen LogP contribution in [-0.2, 0) is 17.3 Å². The minimum Gasteiger partial charge on any atom is -0.341 e. The summed E-state index contributed by atoms with van der Waals surface area (Å²) >= 11 is 6.52. The van der Waals surface area contributed by atoms with Crippen LogP contribution in [-0.4, -0.2) is 33.7 Å². The second-order valence-corrected chi connectivity index (χ2v) is 7.40. The lowest BCUT2D eigenvalue weighted by Crippen LogP contribution is -2.34. The molecule has 1 aromatic heterocycles. The van der Waals surface area contributed by atoms with Gasteiger partial charge in [-0.3, -0.25) is 9.48 Å². The van der Waals surface area contributed by atoms with Crippen molar-refractivity contribution < 1.29 is 4.79 Å². The van der Waals surface area contributed by atoms with E-state index in [0.717, 1.165) is 37.2 Å². The number of rotatable bonds is 2. The van der Waals surface area contributed by atoms with Crippen LogP contribution in [0.2, 0.25) is 0 Å². The Kier molecular flexibility index (Phi) is 4.97. The van der Waals surface area contributed by atoms with Gasteiger partial charge in [0, 0.05) is 37.3 Å². The summed E-state index contributed by atoms with van der Waals surface area (Å²) in [5.74, 6) is 0.0251. The minimum atomic E-state index is -0.633. The molecule has 1 aromatic rings. The zero-order valence-electron chi connectivity index (χ0n) is 13.5. The Balaban J connectivity index is 2.23. The van der Waals surface area contributed by atoms with Crippen molar-refractivity contribution in [3.63, 3.8) is 0 Å². The summed E-state index contributed by atoms with van der Waals surface area (Å²) in [5.41, 5.74) is 1.64. The third kappa shape index (κ3) is 3.79. The van der Waals surface area contributed by atoms with E-state index < -0.39 is 5.38 Å². The molecule has 5 heteroatoms. The maximum absolute atomic E-state index is 12.7. The fraction of sp³-hybridized carbons (Fsp3) is 0.750. The number of aromatic nitrogens is 2. The van der Waals surface area contributed by atoms with E-state index in [1.807, 2.05) is 18.1 Å². The van der Waals surface area contributed by atoms with Gasteiger partial charge in [-0.2, -0.15) is 5.10 Å². The average Bonchev–Trinajstić information content (AvgIpc) is 2.63. The summed E-state index contributed by atoms with van der Waals surface area (Å²) in [6, 6.07) is 0. The molecule has 0 radical (unpaired) electrons. The first-order chi connectivity index (χ1) is 9.80. The molecular weight excluding hydrogens is 286 g/mol. The molecule has 118 valence electrons. The van der Waals surface area contributed by atoms with E-state index in [1.165, 1.54) is 12.8 Å². The molecule has 4 nitrogen and oxygen atoms in total. The molecule has 1 fully saturated rings. The van der Waals surface area contributed by atoms with E-state index in [0.29, 0.717) is 0 Å². The van der Waals surface area contributed by atoms with Crippen LogP contribution >= 0.6 is 11.6 Å². The Morgan fingerprint density at radius 3 is 2.33 bits per heavy atom. The normalized spacial score (nSPS) is 18.4. The number of aryl methyl sites for hydroxylation is 1. The number of hydrogen-bond donors (Lipinski definition) is 0. The smallest absolute Gasteiger partial charge is 0.245 e. The van der Waals surface area contributed by atoms with E-state index in [9.17, 15) is 4.79 Å². The maximum Gasteiger partial charge on any atom is 0.245 e. The van der Waals surface area contributed by atoms with Gasteiger partial charge < -0.3 is 4.90 Å². The van der Waals surface area contributed by atoms with Gasteiger partial charge in [-0.25, -0.2) is 0 Å². The van der Waals surface area contributed by atoms with Crippen molar-refractivity contribution in [3.05, 3.63) is 17.5 Å². The Morgan fingerprint density at radius 2 is 1.81 bits per heavy atom. The largest absolute Gasteiger partial charge is 0.341 e. The van der Waals surface area contributed by atoms with E-state index in [1.54, 1.807) is 4.68 Å². The lowest BCUT2D eigenvalue weighted by molar-refractivity contribution is -0.130. The van der Waals surface area contributed by atoms with Crippen molar-refractivity contribution in [2.75, 3.05) is 13.1 Å². The van der Waals surface area contributed by atoms with Crippen LogP contribution in [0.1, 0.15) is 63.1 Å².